The lowest BCUT2D eigenvalue weighted by Gasteiger charge is -2.26. The van der Waals surface area contributed by atoms with Crippen LogP contribution in [0.4, 0.5) is 14.9 Å². The number of hydrogen-bond acceptors (Lipinski definition) is 6. The standard InChI is InChI=1S/C27H34FN3O6S/c1-35-12-13-36-14-15-37-16-17-38(33,34)31-10-8-22(9-11-31)21-3-6-26(7-4-21)29-27(32)30-19-23-2-5-25(28)18-24(23)20-30/h2-8,18H,9-17,19-20H2,1H3,(H,29,32). The molecule has 0 bridgehead atoms. The Hall–Kier alpha value is -2.83. The highest BCUT2D eigenvalue weighted by molar-refractivity contribution is 7.89. The van der Waals surface area contributed by atoms with E-state index in [1.54, 1.807) is 18.1 Å². The summed E-state index contributed by atoms with van der Waals surface area (Å²) in [7, 11) is -1.81. The van der Waals surface area contributed by atoms with Gasteiger partial charge in [0.15, 0.2) is 0 Å². The molecule has 2 aliphatic heterocycles. The van der Waals surface area contributed by atoms with Crippen LogP contribution < -0.4 is 5.32 Å². The number of benzene rings is 2. The van der Waals surface area contributed by atoms with Crippen LogP contribution >= 0.6 is 0 Å². The van der Waals surface area contributed by atoms with Crippen molar-refractivity contribution in [2.45, 2.75) is 19.5 Å². The Balaban J connectivity index is 1.21. The number of carbonyl (C=O) groups is 1. The van der Waals surface area contributed by atoms with Crippen LogP contribution in [0.1, 0.15) is 23.1 Å². The molecule has 2 aliphatic rings. The summed E-state index contributed by atoms with van der Waals surface area (Å²) in [6, 6.07) is 11.9. The smallest absolute Gasteiger partial charge is 0.322 e. The number of fused-ring (bicyclic) bond motifs is 1. The summed E-state index contributed by atoms with van der Waals surface area (Å²) in [5.41, 5.74) is 4.49. The van der Waals surface area contributed by atoms with Gasteiger partial charge in [0.1, 0.15) is 5.82 Å². The zero-order chi connectivity index (χ0) is 27.0. The quantitative estimate of drug-likeness (QED) is 0.409. The lowest BCUT2D eigenvalue weighted by atomic mass is 10.0. The molecule has 4 rings (SSSR count). The number of ether oxygens (including phenoxy) is 3. The van der Waals surface area contributed by atoms with Crippen LogP contribution in [0.3, 0.4) is 0 Å². The van der Waals surface area contributed by atoms with Crippen molar-refractivity contribution in [1.82, 2.24) is 9.21 Å². The predicted molar refractivity (Wildman–Crippen MR) is 143 cm³/mol. The second-order valence-corrected chi connectivity index (χ2v) is 11.2. The second kappa shape index (κ2) is 13.3. The zero-order valence-corrected chi connectivity index (χ0v) is 22.3. The van der Waals surface area contributed by atoms with E-state index in [2.05, 4.69) is 5.32 Å². The topological polar surface area (TPSA) is 97.4 Å². The van der Waals surface area contributed by atoms with Gasteiger partial charge in [-0.3, -0.25) is 0 Å². The SMILES string of the molecule is COCCOCCOCCS(=O)(=O)N1CC=C(c2ccc(NC(=O)N3Cc4ccc(F)cc4C3)cc2)CC1. The van der Waals surface area contributed by atoms with Crippen LogP contribution in [0.15, 0.2) is 48.5 Å². The number of hydrogen-bond donors (Lipinski definition) is 1. The first-order chi connectivity index (χ1) is 18.4. The molecule has 38 heavy (non-hydrogen) atoms. The first-order valence-electron chi connectivity index (χ1n) is 12.6. The maximum Gasteiger partial charge on any atom is 0.322 e. The van der Waals surface area contributed by atoms with Crippen molar-refractivity contribution in [3.63, 3.8) is 0 Å². The molecule has 1 N–H and O–H groups in total. The van der Waals surface area contributed by atoms with Gasteiger partial charge in [-0.05, 0) is 52.9 Å². The van der Waals surface area contributed by atoms with Crippen LogP contribution in [0.5, 0.6) is 0 Å². The summed E-state index contributed by atoms with van der Waals surface area (Å²) in [4.78, 5) is 14.3. The minimum absolute atomic E-state index is 0.0698. The summed E-state index contributed by atoms with van der Waals surface area (Å²) in [6.07, 6.45) is 2.53. The largest absolute Gasteiger partial charge is 0.382 e. The van der Waals surface area contributed by atoms with Gasteiger partial charge in [0.05, 0.1) is 38.8 Å². The van der Waals surface area contributed by atoms with Gasteiger partial charge in [-0.25, -0.2) is 17.6 Å². The molecule has 0 saturated heterocycles. The van der Waals surface area contributed by atoms with E-state index in [0.717, 1.165) is 22.3 Å². The maximum absolute atomic E-state index is 13.5. The number of urea groups is 1. The highest BCUT2D eigenvalue weighted by atomic mass is 32.2. The van der Waals surface area contributed by atoms with Crippen LogP contribution in [0, 0.1) is 5.82 Å². The Bertz CT molecular complexity index is 1240. The normalized spacial score (nSPS) is 15.8. The van der Waals surface area contributed by atoms with Crippen molar-refractivity contribution >= 4 is 27.3 Å². The molecule has 2 aromatic rings. The van der Waals surface area contributed by atoms with Crippen molar-refractivity contribution < 1.29 is 31.8 Å². The first kappa shape index (κ1) is 28.2. The molecule has 11 heteroatoms. The van der Waals surface area contributed by atoms with Gasteiger partial charge in [-0.2, -0.15) is 4.31 Å². The predicted octanol–water partition coefficient (Wildman–Crippen LogP) is 3.47. The van der Waals surface area contributed by atoms with E-state index in [4.69, 9.17) is 14.2 Å². The Morgan fingerprint density at radius 2 is 1.68 bits per heavy atom. The number of nitrogens with one attached hydrogen (secondary N) is 1. The number of halogens is 1. The zero-order valence-electron chi connectivity index (χ0n) is 21.5. The van der Waals surface area contributed by atoms with Crippen molar-refractivity contribution in [3.8, 4) is 0 Å². The van der Waals surface area contributed by atoms with Crippen LogP contribution in [-0.4, -0.2) is 82.6 Å². The summed E-state index contributed by atoms with van der Waals surface area (Å²) in [6.45, 7) is 3.39. The number of methoxy groups -OCH3 is 1. The fourth-order valence-corrected chi connectivity index (χ4v) is 5.66. The van der Waals surface area contributed by atoms with Gasteiger partial charge in [0.2, 0.25) is 10.0 Å². The maximum atomic E-state index is 13.5. The number of carbonyl (C=O) groups excluding carboxylic acids is 1. The molecule has 0 saturated carbocycles. The number of amides is 2. The summed E-state index contributed by atoms with van der Waals surface area (Å²) in [5, 5.41) is 2.89. The van der Waals surface area contributed by atoms with Crippen molar-refractivity contribution in [1.29, 1.82) is 0 Å². The molecule has 2 aromatic carbocycles. The number of rotatable bonds is 12. The Morgan fingerprint density at radius 1 is 0.974 bits per heavy atom. The molecule has 9 nitrogen and oxygen atoms in total. The van der Waals surface area contributed by atoms with Crippen molar-refractivity contribution in [3.05, 3.63) is 71.0 Å². The van der Waals surface area contributed by atoms with Crippen molar-refractivity contribution in [2.75, 3.05) is 64.3 Å². The Morgan fingerprint density at radius 3 is 2.39 bits per heavy atom. The fourth-order valence-electron chi connectivity index (χ4n) is 4.40. The van der Waals surface area contributed by atoms with Crippen LogP contribution in [0.25, 0.3) is 5.57 Å². The van der Waals surface area contributed by atoms with E-state index in [0.29, 0.717) is 64.7 Å². The Labute approximate surface area is 223 Å². The van der Waals surface area contributed by atoms with Gasteiger partial charge < -0.3 is 24.4 Å². The van der Waals surface area contributed by atoms with E-state index in [1.807, 2.05) is 30.3 Å². The van der Waals surface area contributed by atoms with Gasteiger partial charge in [-0.1, -0.05) is 24.3 Å². The van der Waals surface area contributed by atoms with E-state index in [9.17, 15) is 17.6 Å². The van der Waals surface area contributed by atoms with Gasteiger partial charge in [-0.15, -0.1) is 0 Å². The molecule has 0 fully saturated rings. The Kier molecular flexibility index (Phi) is 9.86. The molecular formula is C27H34FN3O6S. The lowest BCUT2D eigenvalue weighted by Crippen LogP contribution is -2.37. The molecule has 206 valence electrons. The molecule has 0 atom stereocenters. The highest BCUT2D eigenvalue weighted by Gasteiger charge is 2.25. The third-order valence-corrected chi connectivity index (χ3v) is 8.34. The van der Waals surface area contributed by atoms with Crippen LogP contribution in [-0.2, 0) is 37.3 Å². The number of anilines is 1. The number of nitrogens with zero attached hydrogens (tertiary/aromatic N) is 2. The molecule has 0 unspecified atom stereocenters. The van der Waals surface area contributed by atoms with Gasteiger partial charge in [0.25, 0.3) is 0 Å². The molecule has 2 heterocycles. The van der Waals surface area contributed by atoms with E-state index in [1.165, 1.54) is 16.4 Å². The minimum Gasteiger partial charge on any atom is -0.382 e. The number of sulfonamides is 1. The van der Waals surface area contributed by atoms with Crippen LogP contribution in [0.2, 0.25) is 0 Å². The second-order valence-electron chi connectivity index (χ2n) is 9.15. The molecule has 0 aromatic heterocycles. The third kappa shape index (κ3) is 7.61. The molecule has 2 amide bonds. The summed E-state index contributed by atoms with van der Waals surface area (Å²) in [5.74, 6) is -0.372. The molecule has 0 radical (unpaired) electrons. The minimum atomic E-state index is -3.41. The summed E-state index contributed by atoms with van der Waals surface area (Å²) >= 11 is 0. The average molecular weight is 548 g/mol. The molecule has 0 spiro atoms. The van der Waals surface area contributed by atoms with E-state index in [-0.39, 0.29) is 24.2 Å². The first-order valence-corrected chi connectivity index (χ1v) is 14.2. The summed E-state index contributed by atoms with van der Waals surface area (Å²) < 4.78 is 55.8. The van der Waals surface area contributed by atoms with E-state index >= 15 is 0 Å². The average Bonchev–Trinajstić information content (AvgIpc) is 3.34. The van der Waals surface area contributed by atoms with E-state index < -0.39 is 10.0 Å². The fraction of sp³-hybridized carbons (Fsp3) is 0.444. The third-order valence-electron chi connectivity index (χ3n) is 6.54. The molecule has 0 aliphatic carbocycles. The molecular weight excluding hydrogens is 513 g/mol. The monoisotopic (exact) mass is 547 g/mol. The highest BCUT2D eigenvalue weighted by Crippen LogP contribution is 2.27. The van der Waals surface area contributed by atoms with Crippen molar-refractivity contribution in [2.24, 2.45) is 0 Å². The lowest BCUT2D eigenvalue weighted by molar-refractivity contribution is 0.0283. The van der Waals surface area contributed by atoms with Gasteiger partial charge >= 0.3 is 6.03 Å². The van der Waals surface area contributed by atoms with Gasteiger partial charge in [0, 0.05) is 39.0 Å².